The Bertz CT molecular complexity index is 510. The Morgan fingerprint density at radius 1 is 1.47 bits per heavy atom. The van der Waals surface area contributed by atoms with Gasteiger partial charge in [0.25, 0.3) is 11.8 Å². The molecule has 2 heterocycles. The first-order valence-electron chi connectivity index (χ1n) is 6.12. The van der Waals surface area contributed by atoms with Crippen molar-refractivity contribution in [3.05, 3.63) is 17.5 Å². The van der Waals surface area contributed by atoms with Gasteiger partial charge in [-0.2, -0.15) is 5.10 Å². The Kier molecular flexibility index (Phi) is 3.57. The van der Waals surface area contributed by atoms with Crippen LogP contribution in [-0.2, 0) is 7.05 Å². The number of amides is 2. The van der Waals surface area contributed by atoms with Crippen LogP contribution in [0.15, 0.2) is 0 Å². The number of hydrogen-bond donors (Lipinski definition) is 1. The van der Waals surface area contributed by atoms with E-state index in [4.69, 9.17) is 5.73 Å². The third-order valence-electron chi connectivity index (χ3n) is 3.48. The van der Waals surface area contributed by atoms with Crippen molar-refractivity contribution < 1.29 is 9.59 Å². The molecule has 7 nitrogen and oxygen atoms in total. The molecule has 1 aromatic rings. The summed E-state index contributed by atoms with van der Waals surface area (Å²) in [6.45, 7) is 1.83. The van der Waals surface area contributed by atoms with Gasteiger partial charge in [-0.05, 0) is 20.0 Å². The van der Waals surface area contributed by atoms with E-state index in [1.165, 1.54) is 4.68 Å². The smallest absolute Gasteiger partial charge is 0.272 e. The molecule has 2 rings (SSSR count). The molecule has 2 amide bonds. The summed E-state index contributed by atoms with van der Waals surface area (Å²) in [5.74, 6) is -0.874. The van der Waals surface area contributed by atoms with Gasteiger partial charge in [-0.3, -0.25) is 14.3 Å². The van der Waals surface area contributed by atoms with Crippen molar-refractivity contribution in [3.8, 4) is 0 Å². The van der Waals surface area contributed by atoms with E-state index in [0.717, 1.165) is 19.5 Å². The number of carbonyl (C=O) groups excluding carboxylic acids is 2. The molecule has 1 unspecified atom stereocenters. The van der Waals surface area contributed by atoms with Crippen LogP contribution in [0.2, 0.25) is 0 Å². The Morgan fingerprint density at radius 3 is 2.63 bits per heavy atom. The maximum atomic E-state index is 12.4. The van der Waals surface area contributed by atoms with Crippen LogP contribution in [0.25, 0.3) is 0 Å². The van der Waals surface area contributed by atoms with Crippen LogP contribution in [-0.4, -0.2) is 64.6 Å². The summed E-state index contributed by atoms with van der Waals surface area (Å²) in [7, 11) is 5.39. The van der Waals surface area contributed by atoms with Crippen LogP contribution in [0, 0.1) is 6.07 Å². The molecule has 0 bridgehead atoms. The zero-order valence-electron chi connectivity index (χ0n) is 11.4. The van der Waals surface area contributed by atoms with E-state index >= 15 is 0 Å². The van der Waals surface area contributed by atoms with Crippen LogP contribution in [0.3, 0.4) is 0 Å². The number of carbonyl (C=O) groups is 2. The minimum atomic E-state index is -0.682. The summed E-state index contributed by atoms with van der Waals surface area (Å²) in [5.41, 5.74) is 5.38. The molecule has 1 saturated heterocycles. The normalized spacial score (nSPS) is 19.6. The largest absolute Gasteiger partial charge is 0.364 e. The lowest BCUT2D eigenvalue weighted by atomic mass is 10.2. The van der Waals surface area contributed by atoms with Crippen molar-refractivity contribution in [2.24, 2.45) is 12.8 Å². The fraction of sp³-hybridized carbons (Fsp3) is 0.583. The van der Waals surface area contributed by atoms with Gasteiger partial charge in [-0.1, -0.05) is 0 Å². The summed E-state index contributed by atoms with van der Waals surface area (Å²) in [4.78, 5) is 27.3. The maximum Gasteiger partial charge on any atom is 0.272 e. The highest BCUT2D eigenvalue weighted by Crippen LogP contribution is 2.15. The molecule has 1 atom stereocenters. The molecular formula is C12H18N5O2. The first-order valence-corrected chi connectivity index (χ1v) is 6.12. The third kappa shape index (κ3) is 2.60. The van der Waals surface area contributed by atoms with Crippen molar-refractivity contribution in [1.29, 1.82) is 0 Å². The summed E-state index contributed by atoms with van der Waals surface area (Å²) < 4.78 is 1.34. The highest BCUT2D eigenvalue weighted by Gasteiger charge is 2.29. The highest BCUT2D eigenvalue weighted by atomic mass is 16.2. The minimum absolute atomic E-state index is 0.0113. The second-order valence-corrected chi connectivity index (χ2v) is 4.93. The topological polar surface area (TPSA) is 84.5 Å². The monoisotopic (exact) mass is 264 g/mol. The average Bonchev–Trinajstić information content (AvgIpc) is 2.94. The van der Waals surface area contributed by atoms with Gasteiger partial charge in [-0.25, -0.2) is 0 Å². The van der Waals surface area contributed by atoms with Gasteiger partial charge in [0.15, 0.2) is 5.69 Å². The van der Waals surface area contributed by atoms with E-state index in [1.807, 2.05) is 7.05 Å². The lowest BCUT2D eigenvalue weighted by Crippen LogP contribution is -2.39. The van der Waals surface area contributed by atoms with Crippen molar-refractivity contribution in [2.75, 3.05) is 27.2 Å². The number of hydrogen-bond acceptors (Lipinski definition) is 4. The van der Waals surface area contributed by atoms with Crippen molar-refractivity contribution in [3.63, 3.8) is 0 Å². The molecule has 1 radical (unpaired) electrons. The lowest BCUT2D eigenvalue weighted by molar-refractivity contribution is 0.0726. The van der Waals surface area contributed by atoms with Crippen LogP contribution in [0.4, 0.5) is 0 Å². The molecule has 1 aliphatic heterocycles. The highest BCUT2D eigenvalue weighted by molar-refractivity contribution is 5.96. The molecule has 1 aromatic heterocycles. The molecule has 0 spiro atoms. The predicted octanol–water partition coefficient (Wildman–Crippen LogP) is -0.905. The number of nitrogens with zero attached hydrogens (tertiary/aromatic N) is 4. The molecule has 19 heavy (non-hydrogen) atoms. The van der Waals surface area contributed by atoms with E-state index in [9.17, 15) is 9.59 Å². The van der Waals surface area contributed by atoms with Gasteiger partial charge >= 0.3 is 0 Å². The summed E-state index contributed by atoms with van der Waals surface area (Å²) in [6, 6.07) is 2.85. The Labute approximate surface area is 111 Å². The number of aryl methyl sites for hydroxylation is 1. The predicted molar refractivity (Wildman–Crippen MR) is 68.6 cm³/mol. The van der Waals surface area contributed by atoms with Crippen molar-refractivity contribution in [2.45, 2.75) is 12.5 Å². The second-order valence-electron chi connectivity index (χ2n) is 4.93. The Balaban J connectivity index is 2.17. The van der Waals surface area contributed by atoms with Gasteiger partial charge < -0.3 is 15.5 Å². The number of likely N-dealkylation sites (N-methyl/N-ethyl adjacent to an activating group) is 2. The molecule has 1 fully saturated rings. The molecular weight excluding hydrogens is 246 g/mol. The number of likely N-dealkylation sites (tertiary alicyclic amines) is 1. The SMILES string of the molecule is CN1CCC(N(C)C(=O)c2[c]c(C(N)=O)nn2C)C1. The van der Waals surface area contributed by atoms with E-state index in [0.29, 0.717) is 0 Å². The second kappa shape index (κ2) is 5.00. The summed E-state index contributed by atoms with van der Waals surface area (Å²) in [5, 5.41) is 3.88. The van der Waals surface area contributed by atoms with Gasteiger partial charge in [0, 0.05) is 26.7 Å². The van der Waals surface area contributed by atoms with E-state index < -0.39 is 5.91 Å². The molecule has 1 aliphatic rings. The first kappa shape index (κ1) is 13.5. The van der Waals surface area contributed by atoms with Gasteiger partial charge in [0.05, 0.1) is 6.07 Å². The third-order valence-corrected chi connectivity index (χ3v) is 3.48. The van der Waals surface area contributed by atoms with Crippen LogP contribution in [0.5, 0.6) is 0 Å². The maximum absolute atomic E-state index is 12.4. The van der Waals surface area contributed by atoms with Crippen LogP contribution >= 0.6 is 0 Å². The fourth-order valence-corrected chi connectivity index (χ4v) is 2.28. The summed E-state index contributed by atoms with van der Waals surface area (Å²) in [6.07, 6.45) is 0.944. The fourth-order valence-electron chi connectivity index (χ4n) is 2.28. The van der Waals surface area contributed by atoms with E-state index in [-0.39, 0.29) is 23.3 Å². The van der Waals surface area contributed by atoms with Gasteiger partial charge in [-0.15, -0.1) is 0 Å². The lowest BCUT2D eigenvalue weighted by Gasteiger charge is -2.24. The first-order chi connectivity index (χ1) is 8.90. The zero-order valence-corrected chi connectivity index (χ0v) is 11.4. The minimum Gasteiger partial charge on any atom is -0.364 e. The van der Waals surface area contributed by atoms with Crippen molar-refractivity contribution in [1.82, 2.24) is 19.6 Å². The summed E-state index contributed by atoms with van der Waals surface area (Å²) >= 11 is 0. The molecule has 0 aromatic carbocycles. The molecule has 0 saturated carbocycles. The number of rotatable bonds is 3. The number of nitrogens with two attached hydrogens (primary N) is 1. The Morgan fingerprint density at radius 2 is 2.16 bits per heavy atom. The van der Waals surface area contributed by atoms with Crippen LogP contribution in [0.1, 0.15) is 27.4 Å². The average molecular weight is 264 g/mol. The van der Waals surface area contributed by atoms with E-state index in [2.05, 4.69) is 16.1 Å². The zero-order chi connectivity index (χ0) is 14.2. The van der Waals surface area contributed by atoms with Gasteiger partial charge in [0.1, 0.15) is 5.69 Å². The quantitative estimate of drug-likeness (QED) is 0.766. The van der Waals surface area contributed by atoms with E-state index in [1.54, 1.807) is 19.0 Å². The molecule has 0 aliphatic carbocycles. The molecule has 103 valence electrons. The number of aromatic nitrogens is 2. The van der Waals surface area contributed by atoms with Gasteiger partial charge in [0.2, 0.25) is 0 Å². The molecule has 2 N–H and O–H groups in total. The Hall–Kier alpha value is -1.89. The standard InChI is InChI=1S/C12H18N5O2/c1-15-5-4-8(7-15)16(2)12(19)10-6-9(11(13)18)14-17(10)3/h8H,4-5,7H2,1-3H3,(H2,13,18). The molecule has 7 heteroatoms. The van der Waals surface area contributed by atoms with Crippen molar-refractivity contribution >= 4 is 11.8 Å². The van der Waals surface area contributed by atoms with Crippen LogP contribution < -0.4 is 5.73 Å². The number of primary amides is 1.